The Morgan fingerprint density at radius 3 is 1.29 bits per heavy atom. The van der Waals surface area contributed by atoms with Crippen molar-refractivity contribution in [2.24, 2.45) is 11.5 Å². The SMILES string of the molecule is N[C@@H](CC(=O)NCCOCCOCCNC(=O)c1cc(NC(=O)c2ccc(I)cc2)cc(C(=O)NCCOCCOCCNC(=O)C[C@H](N)C(=O)O)c1)C(=O)O. The fourth-order valence-electron chi connectivity index (χ4n) is 4.33. The summed E-state index contributed by atoms with van der Waals surface area (Å²) < 4.78 is 22.6. The number of ether oxygens (including phenoxy) is 4. The van der Waals surface area contributed by atoms with Gasteiger partial charge >= 0.3 is 11.9 Å². The maximum Gasteiger partial charge on any atom is 0.321 e. The average Bonchev–Trinajstić information content (AvgIpc) is 3.15. The van der Waals surface area contributed by atoms with E-state index in [2.05, 4.69) is 49.2 Å². The number of halogens is 1. The van der Waals surface area contributed by atoms with Crippen LogP contribution in [0.25, 0.3) is 0 Å². The van der Waals surface area contributed by atoms with Crippen molar-refractivity contribution in [3.8, 4) is 0 Å². The number of rotatable bonds is 28. The first kappa shape index (κ1) is 47.4. The van der Waals surface area contributed by atoms with E-state index in [1.54, 1.807) is 24.3 Å². The van der Waals surface area contributed by atoms with Gasteiger partial charge in [0.2, 0.25) is 11.8 Å². The molecule has 0 aromatic heterocycles. The topological polar surface area (TPSA) is 309 Å². The highest BCUT2D eigenvalue weighted by atomic mass is 127. The standard InChI is InChI=1S/C35H48IN7O13/c36-25-3-1-22(2-4-25)33(48)43-26-18-23(31(46)41-7-11-55-15-13-53-9-5-39-29(44)20-27(37)34(49)50)17-24(19-26)32(47)42-8-12-56-16-14-54-10-6-40-30(45)21-28(38)35(51)52/h1-4,17-19,27-28H,5-16,20-21,37-38H2,(H,39,44)(H,40,45)(H,41,46)(H,42,47)(H,43,48)(H,49,50)(H,51,52)/t27-,28-/m0/s1. The van der Waals surface area contributed by atoms with Crippen molar-refractivity contribution in [3.63, 3.8) is 0 Å². The van der Waals surface area contributed by atoms with Gasteiger partial charge in [0.1, 0.15) is 12.1 Å². The summed E-state index contributed by atoms with van der Waals surface area (Å²) in [5.74, 6) is -5.02. The number of nitrogens with two attached hydrogens (primary N) is 2. The first-order valence-electron chi connectivity index (χ1n) is 17.4. The lowest BCUT2D eigenvalue weighted by Crippen LogP contribution is -2.38. The van der Waals surface area contributed by atoms with Gasteiger partial charge in [0.05, 0.1) is 65.7 Å². The van der Waals surface area contributed by atoms with Crippen molar-refractivity contribution >= 4 is 69.8 Å². The summed E-state index contributed by atoms with van der Waals surface area (Å²) in [5, 5.41) is 30.6. The Bertz CT molecular complexity index is 1530. The second-order valence-corrected chi connectivity index (χ2v) is 13.0. The molecule has 2 atom stereocenters. The number of carboxylic acid groups (broad SMARTS) is 2. The fourth-order valence-corrected chi connectivity index (χ4v) is 4.69. The number of benzene rings is 2. The summed E-state index contributed by atoms with van der Waals surface area (Å²) in [5.41, 5.74) is 11.4. The highest BCUT2D eigenvalue weighted by Crippen LogP contribution is 2.17. The average molecular weight is 902 g/mol. The maximum absolute atomic E-state index is 13.1. The van der Waals surface area contributed by atoms with Gasteiger partial charge in [-0.25, -0.2) is 0 Å². The minimum absolute atomic E-state index is 0.111. The third kappa shape index (κ3) is 20.2. The van der Waals surface area contributed by atoms with Crippen LogP contribution in [0.3, 0.4) is 0 Å². The van der Waals surface area contributed by atoms with Gasteiger partial charge in [-0.05, 0) is 65.1 Å². The van der Waals surface area contributed by atoms with Crippen LogP contribution in [-0.4, -0.2) is 143 Å². The number of carboxylic acids is 2. The number of carbonyl (C=O) groups excluding carboxylic acids is 5. The van der Waals surface area contributed by atoms with Crippen LogP contribution in [0.4, 0.5) is 5.69 Å². The summed E-state index contributed by atoms with van der Waals surface area (Å²) in [6.07, 6.45) is -0.686. The van der Waals surface area contributed by atoms with Crippen LogP contribution in [0.2, 0.25) is 0 Å². The van der Waals surface area contributed by atoms with E-state index in [-0.39, 0.29) is 109 Å². The molecule has 0 fully saturated rings. The molecule has 0 unspecified atom stereocenters. The van der Waals surface area contributed by atoms with E-state index in [4.69, 9.17) is 40.6 Å². The molecule has 0 saturated carbocycles. The number of anilines is 1. The summed E-state index contributed by atoms with van der Waals surface area (Å²) in [6, 6.07) is 8.56. The number of carbonyl (C=O) groups is 7. The van der Waals surface area contributed by atoms with Crippen molar-refractivity contribution < 1.29 is 62.7 Å². The molecule has 0 radical (unpaired) electrons. The molecule has 0 aliphatic heterocycles. The largest absolute Gasteiger partial charge is 0.480 e. The molecule has 0 aliphatic rings. The number of nitrogens with one attached hydrogen (secondary N) is 5. The van der Waals surface area contributed by atoms with Crippen molar-refractivity contribution in [3.05, 3.63) is 62.7 Å². The smallest absolute Gasteiger partial charge is 0.321 e. The van der Waals surface area contributed by atoms with E-state index in [9.17, 15) is 33.6 Å². The molecular formula is C35H48IN7O13. The lowest BCUT2D eigenvalue weighted by molar-refractivity contribution is -0.140. The van der Waals surface area contributed by atoms with Crippen molar-refractivity contribution in [2.45, 2.75) is 24.9 Å². The summed E-state index contributed by atoms with van der Waals surface area (Å²) >= 11 is 2.12. The molecule has 56 heavy (non-hydrogen) atoms. The fraction of sp³-hybridized carbons (Fsp3) is 0.457. The molecule has 21 heteroatoms. The van der Waals surface area contributed by atoms with Gasteiger partial charge in [0.25, 0.3) is 17.7 Å². The molecule has 2 rings (SSSR count). The number of aliphatic carboxylic acids is 2. The van der Waals surface area contributed by atoms with Crippen molar-refractivity contribution in [2.75, 3.05) is 84.4 Å². The summed E-state index contributed by atoms with van der Waals surface area (Å²) in [7, 11) is 0. The highest BCUT2D eigenvalue weighted by Gasteiger charge is 2.18. The van der Waals surface area contributed by atoms with Crippen molar-refractivity contribution in [1.29, 1.82) is 0 Å². The molecule has 0 spiro atoms. The molecule has 0 bridgehead atoms. The van der Waals surface area contributed by atoms with Gasteiger partial charge < -0.3 is 67.2 Å². The zero-order chi connectivity index (χ0) is 41.3. The Balaban J connectivity index is 1.79. The highest BCUT2D eigenvalue weighted by molar-refractivity contribution is 14.1. The van der Waals surface area contributed by atoms with Gasteiger partial charge in [-0.15, -0.1) is 0 Å². The number of hydrogen-bond donors (Lipinski definition) is 9. The Labute approximate surface area is 336 Å². The molecule has 308 valence electrons. The van der Waals surface area contributed by atoms with Gasteiger partial charge in [-0.2, -0.15) is 0 Å². The quantitative estimate of drug-likeness (QED) is 0.0362. The maximum atomic E-state index is 13.1. The van der Waals surface area contributed by atoms with Crippen LogP contribution >= 0.6 is 22.6 Å². The zero-order valence-corrected chi connectivity index (χ0v) is 32.7. The second kappa shape index (κ2) is 26.9. The van der Waals surface area contributed by atoms with Gasteiger partial charge in [0.15, 0.2) is 0 Å². The second-order valence-electron chi connectivity index (χ2n) is 11.7. The Morgan fingerprint density at radius 2 is 0.911 bits per heavy atom. The van der Waals surface area contributed by atoms with E-state index >= 15 is 0 Å². The molecule has 20 nitrogen and oxygen atoms in total. The lowest BCUT2D eigenvalue weighted by atomic mass is 10.1. The van der Waals surface area contributed by atoms with Gasteiger partial charge in [0, 0.05) is 52.1 Å². The minimum Gasteiger partial charge on any atom is -0.480 e. The molecule has 2 aromatic rings. The lowest BCUT2D eigenvalue weighted by Gasteiger charge is -2.13. The van der Waals surface area contributed by atoms with Crippen LogP contribution < -0.4 is 38.1 Å². The first-order chi connectivity index (χ1) is 26.8. The molecule has 0 heterocycles. The van der Waals surface area contributed by atoms with Crippen LogP contribution in [0.15, 0.2) is 42.5 Å². The number of amides is 5. The monoisotopic (exact) mass is 901 g/mol. The Kier molecular flexibility index (Phi) is 22.8. The van der Waals surface area contributed by atoms with Crippen LogP contribution in [0.5, 0.6) is 0 Å². The Morgan fingerprint density at radius 1 is 0.536 bits per heavy atom. The molecular weight excluding hydrogens is 853 g/mol. The molecule has 2 aromatic carbocycles. The van der Waals surface area contributed by atoms with E-state index in [0.717, 1.165) is 3.57 Å². The third-order valence-corrected chi connectivity index (χ3v) is 7.93. The van der Waals surface area contributed by atoms with E-state index < -0.39 is 53.6 Å². The van der Waals surface area contributed by atoms with Gasteiger partial charge in [-0.1, -0.05) is 0 Å². The molecule has 11 N–H and O–H groups in total. The van der Waals surface area contributed by atoms with Crippen LogP contribution in [-0.2, 0) is 38.1 Å². The van der Waals surface area contributed by atoms with Crippen LogP contribution in [0, 0.1) is 3.57 Å². The predicted octanol–water partition coefficient (Wildman–Crippen LogP) is -1.09. The molecule has 0 aliphatic carbocycles. The molecule has 5 amide bonds. The summed E-state index contributed by atoms with van der Waals surface area (Å²) in [4.78, 5) is 83.7. The Hall–Kier alpha value is -4.78. The van der Waals surface area contributed by atoms with E-state index in [1.165, 1.54) is 18.2 Å². The number of hydrogen-bond acceptors (Lipinski definition) is 13. The van der Waals surface area contributed by atoms with Crippen molar-refractivity contribution in [1.82, 2.24) is 21.3 Å². The van der Waals surface area contributed by atoms with Crippen LogP contribution in [0.1, 0.15) is 43.9 Å². The predicted molar refractivity (Wildman–Crippen MR) is 208 cm³/mol. The van der Waals surface area contributed by atoms with E-state index in [1.807, 2.05) is 0 Å². The van der Waals surface area contributed by atoms with E-state index in [0.29, 0.717) is 5.56 Å². The summed E-state index contributed by atoms with van der Waals surface area (Å²) in [6.45, 7) is 1.99. The first-order valence-corrected chi connectivity index (χ1v) is 18.4. The molecule has 0 saturated heterocycles. The zero-order valence-electron chi connectivity index (χ0n) is 30.5. The normalized spacial score (nSPS) is 11.8. The van der Waals surface area contributed by atoms with Gasteiger partial charge in [-0.3, -0.25) is 33.6 Å². The third-order valence-electron chi connectivity index (χ3n) is 7.21. The minimum atomic E-state index is -1.28.